The van der Waals surface area contributed by atoms with Crippen molar-refractivity contribution in [2.75, 3.05) is 13.7 Å². The molecule has 1 aliphatic heterocycles. The van der Waals surface area contributed by atoms with E-state index in [0.29, 0.717) is 20.7 Å². The lowest BCUT2D eigenvalue weighted by atomic mass is 10.1. The third-order valence-corrected chi connectivity index (χ3v) is 6.33. The van der Waals surface area contributed by atoms with Crippen molar-refractivity contribution in [1.82, 2.24) is 4.90 Å². The molecule has 2 rings (SSSR count). The molecule has 1 aromatic rings. The Morgan fingerprint density at radius 2 is 2.00 bits per heavy atom. The Morgan fingerprint density at radius 3 is 2.68 bits per heavy atom. The highest BCUT2D eigenvalue weighted by Gasteiger charge is 2.32. The quantitative estimate of drug-likeness (QED) is 0.234. The van der Waals surface area contributed by atoms with Crippen LogP contribution in [0.1, 0.15) is 64.4 Å². The third-order valence-electron chi connectivity index (χ3n) is 4.95. The summed E-state index contributed by atoms with van der Waals surface area (Å²) < 4.78 is 11.9. The number of rotatable bonds is 13. The van der Waals surface area contributed by atoms with Crippen LogP contribution in [0.15, 0.2) is 23.1 Å². The summed E-state index contributed by atoms with van der Waals surface area (Å²) in [6, 6.07) is 5.55. The molecule has 0 radical (unpaired) electrons. The molecule has 0 spiro atoms. The molecule has 1 fully saturated rings. The number of carbonyl (C=O) groups is 2. The predicted octanol–water partition coefficient (Wildman–Crippen LogP) is 5.50. The Kier molecular flexibility index (Phi) is 10.3. The average molecular weight is 466 g/mol. The van der Waals surface area contributed by atoms with E-state index in [1.54, 1.807) is 13.2 Å². The van der Waals surface area contributed by atoms with Gasteiger partial charge in [0.1, 0.15) is 4.32 Å². The van der Waals surface area contributed by atoms with Crippen LogP contribution in [0.4, 0.5) is 0 Å². The van der Waals surface area contributed by atoms with Crippen LogP contribution in [-0.4, -0.2) is 46.0 Å². The SMILES string of the molecule is CCCCCCCC(C)Oc1ccc(C=C2SC(=S)N(CCC(=O)O)C2=O)cc1OC. The van der Waals surface area contributed by atoms with Crippen molar-refractivity contribution in [2.24, 2.45) is 0 Å². The summed E-state index contributed by atoms with van der Waals surface area (Å²) in [7, 11) is 1.59. The van der Waals surface area contributed by atoms with Gasteiger partial charge in [0.25, 0.3) is 5.91 Å². The first-order valence-corrected chi connectivity index (χ1v) is 11.9. The maximum Gasteiger partial charge on any atom is 0.305 e. The van der Waals surface area contributed by atoms with Gasteiger partial charge in [-0.05, 0) is 43.5 Å². The van der Waals surface area contributed by atoms with Crippen LogP contribution in [0.2, 0.25) is 0 Å². The van der Waals surface area contributed by atoms with Crippen LogP contribution < -0.4 is 9.47 Å². The zero-order chi connectivity index (χ0) is 22.8. The van der Waals surface area contributed by atoms with Crippen molar-refractivity contribution in [1.29, 1.82) is 0 Å². The maximum atomic E-state index is 12.6. The number of carboxylic acids is 1. The van der Waals surface area contributed by atoms with Crippen molar-refractivity contribution in [2.45, 2.75) is 64.9 Å². The molecule has 1 saturated heterocycles. The molecule has 1 aromatic carbocycles. The number of amides is 1. The van der Waals surface area contributed by atoms with Gasteiger partial charge in [0.2, 0.25) is 0 Å². The Morgan fingerprint density at radius 1 is 1.26 bits per heavy atom. The van der Waals surface area contributed by atoms with Crippen LogP contribution in [0.25, 0.3) is 6.08 Å². The number of hydrogen-bond acceptors (Lipinski definition) is 6. The molecule has 0 aliphatic carbocycles. The second kappa shape index (κ2) is 12.7. The number of nitrogens with zero attached hydrogens (tertiary/aromatic N) is 1. The third kappa shape index (κ3) is 7.85. The summed E-state index contributed by atoms with van der Waals surface area (Å²) in [4.78, 5) is 25.2. The molecule has 170 valence electrons. The van der Waals surface area contributed by atoms with Gasteiger partial charge in [-0.3, -0.25) is 14.5 Å². The standard InChI is InChI=1S/C23H31NO5S2/c1-4-5-6-7-8-9-16(2)29-18-11-10-17(14-19(18)28-3)15-20-22(27)24(23(30)31-20)13-12-21(25)26/h10-11,14-16H,4-9,12-13H2,1-3H3,(H,25,26). The minimum absolute atomic E-state index is 0.0732. The highest BCUT2D eigenvalue weighted by Crippen LogP contribution is 2.35. The van der Waals surface area contributed by atoms with E-state index in [9.17, 15) is 9.59 Å². The van der Waals surface area contributed by atoms with E-state index in [1.165, 1.54) is 42.3 Å². The van der Waals surface area contributed by atoms with Crippen LogP contribution in [0.5, 0.6) is 11.5 Å². The molecule has 0 saturated carbocycles. The first-order chi connectivity index (χ1) is 14.8. The van der Waals surface area contributed by atoms with Gasteiger partial charge in [0.15, 0.2) is 11.5 Å². The lowest BCUT2D eigenvalue weighted by molar-refractivity contribution is -0.137. The Balaban J connectivity index is 2.01. The normalized spacial score (nSPS) is 16.1. The predicted molar refractivity (Wildman–Crippen MR) is 129 cm³/mol. The van der Waals surface area contributed by atoms with Crippen LogP contribution in [-0.2, 0) is 9.59 Å². The fourth-order valence-electron chi connectivity index (χ4n) is 3.23. The largest absolute Gasteiger partial charge is 0.493 e. The number of methoxy groups -OCH3 is 1. The first-order valence-electron chi connectivity index (χ1n) is 10.7. The summed E-state index contributed by atoms with van der Waals surface area (Å²) in [6.45, 7) is 4.35. The number of aliphatic carboxylic acids is 1. The van der Waals surface area contributed by atoms with E-state index >= 15 is 0 Å². The van der Waals surface area contributed by atoms with E-state index < -0.39 is 5.97 Å². The van der Waals surface area contributed by atoms with Crippen molar-refractivity contribution in [3.8, 4) is 11.5 Å². The lowest BCUT2D eigenvalue weighted by Gasteiger charge is -2.17. The van der Waals surface area contributed by atoms with E-state index in [4.69, 9.17) is 26.8 Å². The molecule has 1 unspecified atom stereocenters. The van der Waals surface area contributed by atoms with Gasteiger partial charge in [-0.1, -0.05) is 62.7 Å². The Hall–Kier alpha value is -2.06. The summed E-state index contributed by atoms with van der Waals surface area (Å²) in [5, 5.41) is 8.85. The molecule has 31 heavy (non-hydrogen) atoms. The summed E-state index contributed by atoms with van der Waals surface area (Å²) >= 11 is 6.40. The minimum Gasteiger partial charge on any atom is -0.493 e. The topological polar surface area (TPSA) is 76.1 Å². The van der Waals surface area contributed by atoms with E-state index in [1.807, 2.05) is 18.2 Å². The molecule has 1 atom stereocenters. The number of ether oxygens (including phenoxy) is 2. The molecular weight excluding hydrogens is 434 g/mol. The van der Waals surface area contributed by atoms with Crippen molar-refractivity contribution in [3.05, 3.63) is 28.7 Å². The van der Waals surface area contributed by atoms with E-state index in [0.717, 1.165) is 18.4 Å². The highest BCUT2D eigenvalue weighted by atomic mass is 32.2. The second-order valence-corrected chi connectivity index (χ2v) is 9.19. The number of benzene rings is 1. The summed E-state index contributed by atoms with van der Waals surface area (Å²) in [6.07, 6.45) is 8.84. The molecular formula is C23H31NO5S2. The maximum absolute atomic E-state index is 12.6. The molecule has 1 N–H and O–H groups in total. The number of thiocarbonyl (C=S) groups is 1. The lowest BCUT2D eigenvalue weighted by Crippen LogP contribution is -2.30. The average Bonchev–Trinajstić information content (AvgIpc) is 2.99. The Bertz CT molecular complexity index is 824. The number of unbranched alkanes of at least 4 members (excludes halogenated alkanes) is 4. The molecule has 0 aromatic heterocycles. The van der Waals surface area contributed by atoms with E-state index in [2.05, 4.69) is 13.8 Å². The zero-order valence-electron chi connectivity index (χ0n) is 18.4. The molecule has 6 nitrogen and oxygen atoms in total. The number of carbonyl (C=O) groups excluding carboxylic acids is 1. The van der Waals surface area contributed by atoms with Gasteiger partial charge in [-0.2, -0.15) is 0 Å². The van der Waals surface area contributed by atoms with Crippen LogP contribution >= 0.6 is 24.0 Å². The summed E-state index contributed by atoms with van der Waals surface area (Å²) in [5.41, 5.74) is 0.787. The molecule has 8 heteroatoms. The minimum atomic E-state index is -0.964. The fraction of sp³-hybridized carbons (Fsp3) is 0.522. The number of carboxylic acid groups (broad SMARTS) is 1. The monoisotopic (exact) mass is 465 g/mol. The Labute approximate surface area is 194 Å². The van der Waals surface area contributed by atoms with Crippen LogP contribution in [0.3, 0.4) is 0 Å². The van der Waals surface area contributed by atoms with Crippen LogP contribution in [0, 0.1) is 0 Å². The zero-order valence-corrected chi connectivity index (χ0v) is 20.0. The van der Waals surface area contributed by atoms with Gasteiger partial charge >= 0.3 is 5.97 Å². The fourth-order valence-corrected chi connectivity index (χ4v) is 4.54. The highest BCUT2D eigenvalue weighted by molar-refractivity contribution is 8.26. The van der Waals surface area contributed by atoms with Gasteiger partial charge < -0.3 is 14.6 Å². The van der Waals surface area contributed by atoms with E-state index in [-0.39, 0.29) is 25.0 Å². The second-order valence-electron chi connectivity index (χ2n) is 7.52. The molecule has 1 heterocycles. The smallest absolute Gasteiger partial charge is 0.305 e. The molecule has 1 aliphatic rings. The molecule has 0 bridgehead atoms. The van der Waals surface area contributed by atoms with Gasteiger partial charge in [0.05, 0.1) is 24.5 Å². The van der Waals surface area contributed by atoms with Crippen molar-refractivity contribution < 1.29 is 24.2 Å². The summed E-state index contributed by atoms with van der Waals surface area (Å²) in [5.74, 6) is 0.0448. The van der Waals surface area contributed by atoms with Gasteiger partial charge in [0, 0.05) is 6.54 Å². The number of thioether (sulfide) groups is 1. The first kappa shape index (κ1) is 25.2. The molecule has 1 amide bonds. The van der Waals surface area contributed by atoms with Gasteiger partial charge in [-0.25, -0.2) is 0 Å². The van der Waals surface area contributed by atoms with Crippen molar-refractivity contribution >= 4 is 46.3 Å². The van der Waals surface area contributed by atoms with Gasteiger partial charge in [-0.15, -0.1) is 0 Å². The van der Waals surface area contributed by atoms with Crippen molar-refractivity contribution in [3.63, 3.8) is 0 Å². The number of hydrogen-bond donors (Lipinski definition) is 1.